The third kappa shape index (κ3) is 4.29. The van der Waals surface area contributed by atoms with E-state index in [-0.39, 0.29) is 17.6 Å². The number of benzene rings is 2. The van der Waals surface area contributed by atoms with Gasteiger partial charge in [-0.05, 0) is 38.6 Å². The molecule has 0 spiro atoms. The van der Waals surface area contributed by atoms with Gasteiger partial charge in [-0.15, -0.1) is 0 Å². The molecule has 4 rings (SSSR count). The second kappa shape index (κ2) is 8.96. The number of piperazine rings is 1. The highest BCUT2D eigenvalue weighted by molar-refractivity contribution is 5.93. The lowest BCUT2D eigenvalue weighted by Gasteiger charge is -2.37. The maximum Gasteiger partial charge on any atom is 0.415 e. The Labute approximate surface area is 186 Å². The number of aryl methyl sites for hydroxylation is 1. The van der Waals surface area contributed by atoms with E-state index in [2.05, 4.69) is 20.2 Å². The Morgan fingerprint density at radius 2 is 2.03 bits per heavy atom. The van der Waals surface area contributed by atoms with Crippen LogP contribution < -0.4 is 14.8 Å². The average molecular weight is 439 g/mol. The second-order valence-electron chi connectivity index (χ2n) is 7.98. The largest absolute Gasteiger partial charge is 0.493 e. The highest BCUT2D eigenvalue weighted by atomic mass is 19.1. The van der Waals surface area contributed by atoms with Crippen molar-refractivity contribution in [2.75, 3.05) is 39.1 Å². The number of likely N-dealkylation sites (N-methyl/N-ethyl adjacent to an activating group) is 1. The van der Waals surface area contributed by atoms with Crippen molar-refractivity contribution >= 4 is 28.5 Å². The Bertz CT molecular complexity index is 1160. The molecule has 0 saturated carbocycles. The number of nitrogens with zero attached hydrogens (tertiary/aromatic N) is 4. The summed E-state index contributed by atoms with van der Waals surface area (Å²) in [5.41, 5.74) is 1.39. The molecule has 168 valence electrons. The van der Waals surface area contributed by atoms with Crippen molar-refractivity contribution in [2.24, 2.45) is 0 Å². The first-order chi connectivity index (χ1) is 15.4. The smallest absolute Gasteiger partial charge is 0.415 e. The van der Waals surface area contributed by atoms with Crippen molar-refractivity contribution < 1.29 is 18.7 Å². The van der Waals surface area contributed by atoms with E-state index in [1.54, 1.807) is 42.2 Å². The van der Waals surface area contributed by atoms with Crippen molar-refractivity contribution in [3.05, 3.63) is 48.0 Å². The van der Waals surface area contributed by atoms with Gasteiger partial charge >= 0.3 is 6.09 Å². The first-order valence-corrected chi connectivity index (χ1v) is 10.4. The number of ether oxygens (including phenoxy) is 2. The molecule has 0 aliphatic carbocycles. The van der Waals surface area contributed by atoms with Crippen LogP contribution in [0.3, 0.4) is 0 Å². The fourth-order valence-corrected chi connectivity index (χ4v) is 3.84. The monoisotopic (exact) mass is 439 g/mol. The number of amides is 1. The minimum Gasteiger partial charge on any atom is -0.493 e. The van der Waals surface area contributed by atoms with Gasteiger partial charge in [0, 0.05) is 37.1 Å². The molecule has 1 aromatic heterocycles. The van der Waals surface area contributed by atoms with Crippen LogP contribution in [-0.2, 0) is 0 Å². The Balaban J connectivity index is 1.68. The summed E-state index contributed by atoms with van der Waals surface area (Å²) in [4.78, 5) is 25.3. The summed E-state index contributed by atoms with van der Waals surface area (Å²) in [7, 11) is 3.52. The molecular formula is C23H26FN5O3. The molecule has 3 aromatic rings. The molecule has 2 heterocycles. The van der Waals surface area contributed by atoms with Gasteiger partial charge < -0.3 is 24.6 Å². The zero-order valence-corrected chi connectivity index (χ0v) is 18.6. The van der Waals surface area contributed by atoms with Crippen LogP contribution in [-0.4, -0.2) is 65.7 Å². The molecule has 9 heteroatoms. The van der Waals surface area contributed by atoms with Crippen LogP contribution in [0.25, 0.3) is 10.9 Å². The van der Waals surface area contributed by atoms with E-state index in [0.717, 1.165) is 13.1 Å². The fourth-order valence-electron chi connectivity index (χ4n) is 3.84. The van der Waals surface area contributed by atoms with Gasteiger partial charge in [0.2, 0.25) is 0 Å². The van der Waals surface area contributed by atoms with Crippen molar-refractivity contribution in [3.63, 3.8) is 0 Å². The van der Waals surface area contributed by atoms with Gasteiger partial charge in [0.05, 0.1) is 18.3 Å². The van der Waals surface area contributed by atoms with Gasteiger partial charge in [0.25, 0.3) is 0 Å². The van der Waals surface area contributed by atoms with Crippen LogP contribution in [0.15, 0.2) is 36.7 Å². The number of hydrogen-bond donors (Lipinski definition) is 1. The van der Waals surface area contributed by atoms with E-state index in [9.17, 15) is 9.18 Å². The normalized spacial score (nSPS) is 16.8. The Hall–Kier alpha value is -3.46. The molecule has 2 aromatic carbocycles. The summed E-state index contributed by atoms with van der Waals surface area (Å²) in [6.45, 7) is 5.81. The number of hydrogen-bond acceptors (Lipinski definition) is 7. The summed E-state index contributed by atoms with van der Waals surface area (Å²) < 4.78 is 25.7. The van der Waals surface area contributed by atoms with Crippen molar-refractivity contribution in [1.29, 1.82) is 0 Å². The third-order valence-electron chi connectivity index (χ3n) is 5.63. The number of carbonyl (C=O) groups excluding carboxylic acids is 1. The zero-order chi connectivity index (χ0) is 22.8. The number of methoxy groups -OCH3 is 1. The van der Waals surface area contributed by atoms with Gasteiger partial charge in [-0.1, -0.05) is 12.1 Å². The first-order valence-electron chi connectivity index (χ1n) is 10.4. The lowest BCUT2D eigenvalue weighted by Crippen LogP contribution is -2.53. The highest BCUT2D eigenvalue weighted by Crippen LogP contribution is 2.35. The van der Waals surface area contributed by atoms with Crippen LogP contribution >= 0.6 is 0 Å². The third-order valence-corrected chi connectivity index (χ3v) is 5.63. The minimum absolute atomic E-state index is 0.0255. The van der Waals surface area contributed by atoms with Crippen molar-refractivity contribution in [1.82, 2.24) is 19.8 Å². The summed E-state index contributed by atoms with van der Waals surface area (Å²) in [5.74, 6) is 0.661. The molecule has 1 aliphatic heterocycles. The van der Waals surface area contributed by atoms with Gasteiger partial charge in [-0.3, -0.25) is 0 Å². The number of rotatable bonds is 4. The summed E-state index contributed by atoms with van der Waals surface area (Å²) in [6, 6.07) is 8.43. The molecule has 1 fully saturated rings. The summed E-state index contributed by atoms with van der Waals surface area (Å²) in [5, 5.41) is 3.60. The van der Waals surface area contributed by atoms with Crippen molar-refractivity contribution in [2.45, 2.75) is 19.9 Å². The van der Waals surface area contributed by atoms with Gasteiger partial charge in [0.1, 0.15) is 18.0 Å². The quantitative estimate of drug-likeness (QED) is 0.659. The molecular weight excluding hydrogens is 413 g/mol. The Morgan fingerprint density at radius 3 is 2.78 bits per heavy atom. The lowest BCUT2D eigenvalue weighted by atomic mass is 10.1. The van der Waals surface area contributed by atoms with E-state index in [0.29, 0.717) is 40.3 Å². The Kier molecular flexibility index (Phi) is 6.09. The van der Waals surface area contributed by atoms with E-state index < -0.39 is 6.09 Å². The predicted molar refractivity (Wildman–Crippen MR) is 120 cm³/mol. The fraction of sp³-hybridized carbons (Fsp3) is 0.348. The van der Waals surface area contributed by atoms with Crippen molar-refractivity contribution in [3.8, 4) is 11.5 Å². The van der Waals surface area contributed by atoms with Crippen LogP contribution in [0.4, 0.5) is 20.7 Å². The summed E-state index contributed by atoms with van der Waals surface area (Å²) in [6.07, 6.45) is 0.939. The Morgan fingerprint density at radius 1 is 1.22 bits per heavy atom. The standard InChI is InChI=1S/C23H26FN5O3/c1-14-6-5-7-17(21(14)24)27-22-16-10-20(19(31-4)11-18(16)25-13-26-22)32-23(30)29-9-8-28(3)12-15(29)2/h5-7,10-11,13,15H,8-9,12H2,1-4H3,(H,25,26,27)/t15-/m1/s1. The molecule has 0 bridgehead atoms. The second-order valence-corrected chi connectivity index (χ2v) is 7.98. The van der Waals surface area contributed by atoms with E-state index in [4.69, 9.17) is 9.47 Å². The highest BCUT2D eigenvalue weighted by Gasteiger charge is 2.28. The maximum absolute atomic E-state index is 14.5. The first kappa shape index (κ1) is 21.8. The average Bonchev–Trinajstić information content (AvgIpc) is 2.76. The lowest BCUT2D eigenvalue weighted by molar-refractivity contribution is 0.0886. The molecule has 0 unspecified atom stereocenters. The van der Waals surface area contributed by atoms with Crippen LogP contribution in [0, 0.1) is 12.7 Å². The van der Waals surface area contributed by atoms with Crippen LogP contribution in [0.5, 0.6) is 11.5 Å². The maximum atomic E-state index is 14.5. The number of halogens is 1. The molecule has 32 heavy (non-hydrogen) atoms. The number of fused-ring (bicyclic) bond motifs is 1. The number of nitrogens with one attached hydrogen (secondary N) is 1. The minimum atomic E-state index is -0.445. The molecule has 1 atom stereocenters. The van der Waals surface area contributed by atoms with E-state index >= 15 is 0 Å². The molecule has 1 amide bonds. The molecule has 8 nitrogen and oxygen atoms in total. The molecule has 0 radical (unpaired) electrons. The molecule has 1 aliphatic rings. The number of anilines is 2. The molecule has 1 saturated heterocycles. The predicted octanol–water partition coefficient (Wildman–Crippen LogP) is 3.96. The van der Waals surface area contributed by atoms with Gasteiger partial charge in [-0.2, -0.15) is 0 Å². The van der Waals surface area contributed by atoms with Gasteiger partial charge in [-0.25, -0.2) is 19.2 Å². The van der Waals surface area contributed by atoms with E-state index in [1.165, 1.54) is 13.4 Å². The molecule has 1 N–H and O–H groups in total. The van der Waals surface area contributed by atoms with E-state index in [1.807, 2.05) is 14.0 Å². The SMILES string of the molecule is COc1cc2ncnc(Nc3cccc(C)c3F)c2cc1OC(=O)N1CCN(C)C[C@H]1C. The number of aromatic nitrogens is 2. The number of carbonyl (C=O) groups is 1. The van der Waals surface area contributed by atoms with Crippen LogP contribution in [0.2, 0.25) is 0 Å². The van der Waals surface area contributed by atoms with Gasteiger partial charge in [0.15, 0.2) is 11.5 Å². The topological polar surface area (TPSA) is 79.8 Å². The van der Waals surface area contributed by atoms with Crippen LogP contribution in [0.1, 0.15) is 12.5 Å². The summed E-state index contributed by atoms with van der Waals surface area (Å²) >= 11 is 0. The zero-order valence-electron chi connectivity index (χ0n) is 18.6.